The number of hydrogen-bond donors (Lipinski definition) is 1. The minimum absolute atomic E-state index is 0.0128. The molecule has 0 aliphatic carbocycles. The van der Waals surface area contributed by atoms with E-state index in [9.17, 15) is 9.90 Å². The van der Waals surface area contributed by atoms with Crippen molar-refractivity contribution in [2.45, 2.75) is 38.8 Å². The first-order valence-electron chi connectivity index (χ1n) is 7.21. The Morgan fingerprint density at radius 3 is 2.70 bits per heavy atom. The van der Waals surface area contributed by atoms with Crippen LogP contribution in [0.5, 0.6) is 5.75 Å². The summed E-state index contributed by atoms with van der Waals surface area (Å²) in [7, 11) is 1.84. The Morgan fingerprint density at radius 1 is 1.45 bits per heavy atom. The van der Waals surface area contributed by atoms with E-state index >= 15 is 0 Å². The molecule has 0 bridgehead atoms. The van der Waals surface area contributed by atoms with Crippen molar-refractivity contribution in [3.63, 3.8) is 0 Å². The van der Waals surface area contributed by atoms with E-state index in [0.717, 1.165) is 18.4 Å². The fourth-order valence-electron chi connectivity index (χ4n) is 2.76. The highest BCUT2D eigenvalue weighted by Crippen LogP contribution is 2.29. The smallest absolute Gasteiger partial charge is 0.228 e. The molecule has 1 N–H and O–H groups in total. The molecule has 0 radical (unpaired) electrons. The predicted molar refractivity (Wildman–Crippen MR) is 77.4 cm³/mol. The summed E-state index contributed by atoms with van der Waals surface area (Å²) in [5, 5.41) is 9.33. The first kappa shape index (κ1) is 14.9. The highest BCUT2D eigenvalue weighted by atomic mass is 16.5. The second kappa shape index (κ2) is 6.27. The van der Waals surface area contributed by atoms with E-state index in [0.29, 0.717) is 6.61 Å². The van der Waals surface area contributed by atoms with Crippen molar-refractivity contribution in [2.24, 2.45) is 5.92 Å². The Bertz CT molecular complexity index is 457. The molecule has 0 saturated carbocycles. The Hall–Kier alpha value is -1.55. The van der Waals surface area contributed by atoms with Crippen molar-refractivity contribution < 1.29 is 14.6 Å². The molecule has 1 aliphatic rings. The maximum atomic E-state index is 12.6. The van der Waals surface area contributed by atoms with Gasteiger partial charge in [-0.2, -0.15) is 0 Å². The van der Waals surface area contributed by atoms with E-state index in [-0.39, 0.29) is 29.7 Å². The van der Waals surface area contributed by atoms with Crippen LogP contribution in [0.15, 0.2) is 24.3 Å². The van der Waals surface area contributed by atoms with Gasteiger partial charge in [-0.05, 0) is 37.5 Å². The van der Waals surface area contributed by atoms with Crippen molar-refractivity contribution in [3.05, 3.63) is 29.8 Å². The van der Waals surface area contributed by atoms with Gasteiger partial charge in [-0.3, -0.25) is 4.79 Å². The molecule has 1 aromatic carbocycles. The minimum Gasteiger partial charge on any atom is -0.508 e. The molecule has 1 heterocycles. The fraction of sp³-hybridized carbons (Fsp3) is 0.562. The summed E-state index contributed by atoms with van der Waals surface area (Å²) in [5.74, 6) is 0.365. The standard InChI is InChI=1S/C16H23NO3/c1-4-15-14(9-10-20-15)16(19)17(3)11(2)12-5-7-13(18)8-6-12/h5-8,11,14-15,18H,4,9-10H2,1-3H3. The topological polar surface area (TPSA) is 49.8 Å². The van der Waals surface area contributed by atoms with Crippen LogP contribution in [0.4, 0.5) is 0 Å². The number of amides is 1. The van der Waals surface area contributed by atoms with Crippen LogP contribution in [0.3, 0.4) is 0 Å². The van der Waals surface area contributed by atoms with Crippen molar-refractivity contribution in [1.82, 2.24) is 4.90 Å². The summed E-state index contributed by atoms with van der Waals surface area (Å²) in [4.78, 5) is 14.4. The van der Waals surface area contributed by atoms with E-state index in [2.05, 4.69) is 6.92 Å². The number of ether oxygens (including phenoxy) is 1. The molecule has 110 valence electrons. The van der Waals surface area contributed by atoms with Crippen LogP contribution in [-0.4, -0.2) is 35.7 Å². The van der Waals surface area contributed by atoms with E-state index in [1.807, 2.05) is 26.1 Å². The monoisotopic (exact) mass is 277 g/mol. The second-order valence-corrected chi connectivity index (χ2v) is 5.43. The van der Waals surface area contributed by atoms with Crippen LogP contribution in [0, 0.1) is 5.92 Å². The number of carbonyl (C=O) groups excluding carboxylic acids is 1. The van der Waals surface area contributed by atoms with E-state index in [1.165, 1.54) is 0 Å². The average Bonchev–Trinajstić information content (AvgIpc) is 2.94. The molecule has 2 rings (SSSR count). The molecule has 20 heavy (non-hydrogen) atoms. The van der Waals surface area contributed by atoms with Gasteiger partial charge in [0.25, 0.3) is 0 Å². The summed E-state index contributed by atoms with van der Waals surface area (Å²) in [6.45, 7) is 4.73. The van der Waals surface area contributed by atoms with Crippen molar-refractivity contribution in [1.29, 1.82) is 0 Å². The molecule has 0 aromatic heterocycles. The van der Waals surface area contributed by atoms with Gasteiger partial charge < -0.3 is 14.7 Å². The summed E-state index contributed by atoms with van der Waals surface area (Å²) in [6.07, 6.45) is 1.74. The zero-order valence-electron chi connectivity index (χ0n) is 12.4. The van der Waals surface area contributed by atoms with Crippen LogP contribution < -0.4 is 0 Å². The van der Waals surface area contributed by atoms with Crippen molar-refractivity contribution in [3.8, 4) is 5.75 Å². The number of nitrogens with zero attached hydrogens (tertiary/aromatic N) is 1. The quantitative estimate of drug-likeness (QED) is 0.920. The Kier molecular flexibility index (Phi) is 4.65. The summed E-state index contributed by atoms with van der Waals surface area (Å²) in [6, 6.07) is 6.99. The lowest BCUT2D eigenvalue weighted by molar-refractivity contribution is -0.138. The molecule has 1 saturated heterocycles. The molecular formula is C16H23NO3. The van der Waals surface area contributed by atoms with Gasteiger partial charge in [0.15, 0.2) is 0 Å². The highest BCUT2D eigenvalue weighted by molar-refractivity contribution is 5.80. The normalized spacial score (nSPS) is 23.6. The van der Waals surface area contributed by atoms with Crippen LogP contribution in [-0.2, 0) is 9.53 Å². The molecule has 0 spiro atoms. The Morgan fingerprint density at radius 2 is 2.10 bits per heavy atom. The molecule has 4 nitrogen and oxygen atoms in total. The molecular weight excluding hydrogens is 254 g/mol. The lowest BCUT2D eigenvalue weighted by Gasteiger charge is -2.29. The second-order valence-electron chi connectivity index (χ2n) is 5.43. The third-order valence-corrected chi connectivity index (χ3v) is 4.23. The highest BCUT2D eigenvalue weighted by Gasteiger charge is 2.35. The number of aromatic hydroxyl groups is 1. The van der Waals surface area contributed by atoms with E-state index in [1.54, 1.807) is 17.0 Å². The maximum absolute atomic E-state index is 12.6. The predicted octanol–water partition coefficient (Wildman–Crippen LogP) is 2.73. The molecule has 1 fully saturated rings. The van der Waals surface area contributed by atoms with Crippen molar-refractivity contribution >= 4 is 5.91 Å². The molecule has 1 amide bonds. The average molecular weight is 277 g/mol. The van der Waals surface area contributed by atoms with Gasteiger partial charge in [-0.25, -0.2) is 0 Å². The molecule has 1 aliphatic heterocycles. The van der Waals surface area contributed by atoms with Gasteiger partial charge in [0.05, 0.1) is 18.1 Å². The SMILES string of the molecule is CCC1OCCC1C(=O)N(C)C(C)c1ccc(O)cc1. The van der Waals surface area contributed by atoms with Gasteiger partial charge in [0.1, 0.15) is 5.75 Å². The van der Waals surface area contributed by atoms with E-state index < -0.39 is 0 Å². The fourth-order valence-corrected chi connectivity index (χ4v) is 2.76. The zero-order chi connectivity index (χ0) is 14.7. The largest absolute Gasteiger partial charge is 0.508 e. The third kappa shape index (κ3) is 2.96. The lowest BCUT2D eigenvalue weighted by atomic mass is 9.96. The van der Waals surface area contributed by atoms with Gasteiger partial charge in [0.2, 0.25) is 5.91 Å². The zero-order valence-corrected chi connectivity index (χ0v) is 12.4. The van der Waals surface area contributed by atoms with Crippen molar-refractivity contribution in [2.75, 3.05) is 13.7 Å². The van der Waals surface area contributed by atoms with E-state index in [4.69, 9.17) is 4.74 Å². The first-order valence-corrected chi connectivity index (χ1v) is 7.21. The van der Waals surface area contributed by atoms with Crippen LogP contribution in [0.2, 0.25) is 0 Å². The van der Waals surface area contributed by atoms with Gasteiger partial charge >= 0.3 is 0 Å². The molecule has 4 heteroatoms. The van der Waals surface area contributed by atoms with Gasteiger partial charge in [-0.1, -0.05) is 19.1 Å². The summed E-state index contributed by atoms with van der Waals surface area (Å²) < 4.78 is 5.61. The Labute approximate surface area is 120 Å². The number of carbonyl (C=O) groups is 1. The van der Waals surface area contributed by atoms with Crippen LogP contribution in [0.1, 0.15) is 38.3 Å². The minimum atomic E-state index is -0.0236. The third-order valence-electron chi connectivity index (χ3n) is 4.23. The van der Waals surface area contributed by atoms with Crippen LogP contribution >= 0.6 is 0 Å². The van der Waals surface area contributed by atoms with Crippen LogP contribution in [0.25, 0.3) is 0 Å². The Balaban J connectivity index is 2.07. The maximum Gasteiger partial charge on any atom is 0.228 e. The first-order chi connectivity index (χ1) is 9.54. The number of hydrogen-bond acceptors (Lipinski definition) is 3. The summed E-state index contributed by atoms with van der Waals surface area (Å²) in [5.41, 5.74) is 1.02. The van der Waals surface area contributed by atoms with Gasteiger partial charge in [0, 0.05) is 13.7 Å². The van der Waals surface area contributed by atoms with Gasteiger partial charge in [-0.15, -0.1) is 0 Å². The molecule has 1 aromatic rings. The number of rotatable bonds is 4. The molecule has 3 atom stereocenters. The number of benzene rings is 1. The lowest BCUT2D eigenvalue weighted by Crippen LogP contribution is -2.38. The number of phenolic OH excluding ortho intramolecular Hbond substituents is 1. The molecule has 3 unspecified atom stereocenters. The summed E-state index contributed by atoms with van der Waals surface area (Å²) >= 11 is 0. The number of phenols is 1.